The van der Waals surface area contributed by atoms with E-state index in [1.807, 2.05) is 42.5 Å². The van der Waals surface area contributed by atoms with E-state index in [4.69, 9.17) is 0 Å². The summed E-state index contributed by atoms with van der Waals surface area (Å²) in [6.07, 6.45) is 10.6. The monoisotopic (exact) mass is 322 g/mol. The van der Waals surface area contributed by atoms with Gasteiger partial charge in [-0.1, -0.05) is 60.7 Å². The van der Waals surface area contributed by atoms with Crippen molar-refractivity contribution in [2.45, 2.75) is 0 Å². The van der Waals surface area contributed by atoms with E-state index in [1.165, 1.54) is 11.1 Å². The highest BCUT2D eigenvalue weighted by Crippen LogP contribution is 2.38. The minimum Gasteiger partial charge on any atom is -0.478 e. The summed E-state index contributed by atoms with van der Waals surface area (Å²) in [5, 5.41) is 13.5. The van der Waals surface area contributed by atoms with Crippen molar-refractivity contribution in [1.82, 2.24) is 0 Å². The van der Waals surface area contributed by atoms with Crippen LogP contribution < -0.4 is 0 Å². The predicted molar refractivity (Wildman–Crippen MR) is 102 cm³/mol. The lowest BCUT2D eigenvalue weighted by Gasteiger charge is -2.11. The molecule has 0 saturated carbocycles. The lowest BCUT2D eigenvalue weighted by Crippen LogP contribution is -1.99. The van der Waals surface area contributed by atoms with Gasteiger partial charge in [-0.05, 0) is 62.0 Å². The molecule has 0 fully saturated rings. The second kappa shape index (κ2) is 5.05. The zero-order valence-corrected chi connectivity index (χ0v) is 13.4. The Kier molecular flexibility index (Phi) is 2.83. The molecule has 0 unspecified atom stereocenters. The Morgan fingerprint density at radius 2 is 1.48 bits per heavy atom. The molecule has 0 bridgehead atoms. The Morgan fingerprint density at radius 1 is 0.760 bits per heavy atom. The van der Waals surface area contributed by atoms with Crippen molar-refractivity contribution in [3.8, 4) is 0 Å². The van der Waals surface area contributed by atoms with E-state index in [0.29, 0.717) is 5.56 Å². The lowest BCUT2D eigenvalue weighted by atomic mass is 9.92. The Labute approximate surface area is 144 Å². The molecule has 2 aliphatic carbocycles. The van der Waals surface area contributed by atoms with Crippen molar-refractivity contribution < 1.29 is 9.90 Å². The second-order valence-electron chi connectivity index (χ2n) is 6.36. The van der Waals surface area contributed by atoms with Crippen molar-refractivity contribution >= 4 is 33.1 Å². The normalized spacial score (nSPS) is 15.3. The van der Waals surface area contributed by atoms with E-state index >= 15 is 0 Å². The van der Waals surface area contributed by atoms with Crippen molar-refractivity contribution in [2.24, 2.45) is 0 Å². The van der Waals surface area contributed by atoms with Crippen LogP contribution in [-0.4, -0.2) is 11.1 Å². The summed E-state index contributed by atoms with van der Waals surface area (Å²) < 4.78 is 0. The first-order chi connectivity index (χ1) is 12.2. The van der Waals surface area contributed by atoms with E-state index in [2.05, 4.69) is 36.4 Å². The van der Waals surface area contributed by atoms with Gasteiger partial charge in [0.2, 0.25) is 0 Å². The maximum absolute atomic E-state index is 11.8. The smallest absolute Gasteiger partial charge is 0.336 e. The molecule has 2 aliphatic rings. The Bertz CT molecular complexity index is 1200. The number of rotatable bonds is 2. The first-order valence-corrected chi connectivity index (χ1v) is 8.23. The number of benzene rings is 3. The van der Waals surface area contributed by atoms with Gasteiger partial charge in [0.1, 0.15) is 0 Å². The van der Waals surface area contributed by atoms with Crippen molar-refractivity contribution in [2.75, 3.05) is 0 Å². The number of aromatic carboxylic acids is 1. The van der Waals surface area contributed by atoms with Crippen LogP contribution in [0.3, 0.4) is 0 Å². The van der Waals surface area contributed by atoms with Gasteiger partial charge in [0.15, 0.2) is 0 Å². The SMILES string of the molecule is O=C(O)c1cc2c(C3=CC4=CC=CC4=C3)cccc2c2ccccc12. The van der Waals surface area contributed by atoms with Crippen LogP contribution in [0, 0.1) is 0 Å². The highest BCUT2D eigenvalue weighted by Gasteiger charge is 2.18. The minimum absolute atomic E-state index is 0.348. The summed E-state index contributed by atoms with van der Waals surface area (Å²) >= 11 is 0. The summed E-state index contributed by atoms with van der Waals surface area (Å²) in [6, 6.07) is 15.7. The molecule has 0 aliphatic heterocycles. The molecule has 0 radical (unpaired) electrons. The van der Waals surface area contributed by atoms with Crippen LogP contribution in [0.25, 0.3) is 27.1 Å². The number of carboxylic acid groups (broad SMARTS) is 1. The summed E-state index contributed by atoms with van der Waals surface area (Å²) in [6.45, 7) is 0. The topological polar surface area (TPSA) is 37.3 Å². The van der Waals surface area contributed by atoms with Gasteiger partial charge in [-0.2, -0.15) is 0 Å². The summed E-state index contributed by atoms with van der Waals surface area (Å²) in [5.74, 6) is -0.894. The molecule has 3 aromatic carbocycles. The molecule has 2 heteroatoms. The largest absolute Gasteiger partial charge is 0.478 e. The van der Waals surface area contributed by atoms with E-state index in [0.717, 1.165) is 32.7 Å². The number of carbonyl (C=O) groups is 1. The molecule has 0 aromatic heterocycles. The lowest BCUT2D eigenvalue weighted by molar-refractivity contribution is 0.0699. The number of hydrogen-bond donors (Lipinski definition) is 1. The van der Waals surface area contributed by atoms with Crippen LogP contribution in [0.5, 0.6) is 0 Å². The Hall–Kier alpha value is -3.39. The predicted octanol–water partition coefficient (Wildman–Crippen LogP) is 5.51. The second-order valence-corrected chi connectivity index (χ2v) is 6.36. The fourth-order valence-electron chi connectivity index (χ4n) is 3.80. The maximum atomic E-state index is 11.8. The molecule has 0 amide bonds. The van der Waals surface area contributed by atoms with Crippen molar-refractivity contribution in [3.63, 3.8) is 0 Å². The van der Waals surface area contributed by atoms with Crippen molar-refractivity contribution in [1.29, 1.82) is 0 Å². The van der Waals surface area contributed by atoms with Gasteiger partial charge in [-0.3, -0.25) is 0 Å². The highest BCUT2D eigenvalue weighted by molar-refractivity contribution is 6.18. The molecule has 0 spiro atoms. The zero-order valence-electron chi connectivity index (χ0n) is 13.4. The number of allylic oxidation sites excluding steroid dienone is 8. The summed E-state index contributed by atoms with van der Waals surface area (Å²) in [4.78, 5) is 11.8. The van der Waals surface area contributed by atoms with Crippen LogP contribution in [0.15, 0.2) is 90.1 Å². The molecular weight excluding hydrogens is 308 g/mol. The zero-order chi connectivity index (χ0) is 17.0. The Morgan fingerprint density at radius 3 is 2.28 bits per heavy atom. The minimum atomic E-state index is -0.894. The molecule has 118 valence electrons. The van der Waals surface area contributed by atoms with Gasteiger partial charge in [0, 0.05) is 0 Å². The third kappa shape index (κ3) is 2.01. The quantitative estimate of drug-likeness (QED) is 0.632. The standard InChI is InChI=1S/C23H14O2/c24-23(25)22-13-21-17(16-11-14-5-3-6-15(14)12-16)9-4-10-19(21)18-7-1-2-8-20(18)22/h1-13H,(H,24,25). The molecular formula is C23H14O2. The molecule has 0 atom stereocenters. The first-order valence-electron chi connectivity index (χ1n) is 8.23. The van der Waals surface area contributed by atoms with Gasteiger partial charge in [-0.15, -0.1) is 0 Å². The van der Waals surface area contributed by atoms with Gasteiger partial charge in [0.05, 0.1) is 5.56 Å². The fraction of sp³-hybridized carbons (Fsp3) is 0. The highest BCUT2D eigenvalue weighted by atomic mass is 16.4. The van der Waals surface area contributed by atoms with E-state index in [1.54, 1.807) is 0 Å². The first kappa shape index (κ1) is 14.0. The summed E-state index contributed by atoms with van der Waals surface area (Å²) in [5.41, 5.74) is 4.98. The van der Waals surface area contributed by atoms with E-state index in [9.17, 15) is 9.90 Å². The molecule has 2 nitrogen and oxygen atoms in total. The average molecular weight is 322 g/mol. The van der Waals surface area contributed by atoms with Gasteiger partial charge in [-0.25, -0.2) is 4.79 Å². The summed E-state index contributed by atoms with van der Waals surface area (Å²) in [7, 11) is 0. The molecule has 0 saturated heterocycles. The van der Waals surface area contributed by atoms with E-state index in [-0.39, 0.29) is 0 Å². The fourth-order valence-corrected chi connectivity index (χ4v) is 3.80. The van der Waals surface area contributed by atoms with Gasteiger partial charge >= 0.3 is 5.97 Å². The maximum Gasteiger partial charge on any atom is 0.336 e. The van der Waals surface area contributed by atoms with Crippen LogP contribution in [0.2, 0.25) is 0 Å². The molecule has 0 heterocycles. The number of hydrogen-bond acceptors (Lipinski definition) is 1. The van der Waals surface area contributed by atoms with E-state index < -0.39 is 5.97 Å². The molecule has 1 N–H and O–H groups in total. The van der Waals surface area contributed by atoms with Crippen LogP contribution in [0.1, 0.15) is 15.9 Å². The van der Waals surface area contributed by atoms with Crippen molar-refractivity contribution in [3.05, 3.63) is 101 Å². The Balaban J connectivity index is 1.87. The molecule has 3 aromatic rings. The third-order valence-corrected chi connectivity index (χ3v) is 4.95. The van der Waals surface area contributed by atoms with Crippen LogP contribution >= 0.6 is 0 Å². The van der Waals surface area contributed by atoms with Crippen LogP contribution in [0.4, 0.5) is 0 Å². The number of carboxylic acids is 1. The third-order valence-electron chi connectivity index (χ3n) is 4.95. The van der Waals surface area contributed by atoms with Crippen LogP contribution in [-0.2, 0) is 0 Å². The molecule has 5 rings (SSSR count). The van der Waals surface area contributed by atoms with Gasteiger partial charge in [0.25, 0.3) is 0 Å². The van der Waals surface area contributed by atoms with Gasteiger partial charge < -0.3 is 5.11 Å². The molecule has 25 heavy (non-hydrogen) atoms. The number of fused-ring (bicyclic) bond motifs is 4. The average Bonchev–Trinajstić information content (AvgIpc) is 3.22.